The van der Waals surface area contributed by atoms with Crippen molar-refractivity contribution in [2.24, 2.45) is 0 Å². The summed E-state index contributed by atoms with van der Waals surface area (Å²) >= 11 is 0. The summed E-state index contributed by atoms with van der Waals surface area (Å²) < 4.78 is 10.6. The zero-order chi connectivity index (χ0) is 19.7. The fraction of sp³-hybridized carbons (Fsp3) is 0.455. The van der Waals surface area contributed by atoms with Crippen LogP contribution in [0.1, 0.15) is 52.7 Å². The highest BCUT2D eigenvalue weighted by atomic mass is 16.5. The fourth-order valence-corrected chi connectivity index (χ4v) is 2.68. The van der Waals surface area contributed by atoms with E-state index in [0.717, 1.165) is 11.1 Å². The Bertz CT molecular complexity index is 761. The second-order valence-corrected chi connectivity index (χ2v) is 8.55. The number of rotatable bonds is 4. The van der Waals surface area contributed by atoms with Gasteiger partial charge in [-0.25, -0.2) is 0 Å². The molecule has 0 N–H and O–H groups in total. The van der Waals surface area contributed by atoms with Gasteiger partial charge in [0.15, 0.2) is 5.75 Å². The molecule has 141 valence electrons. The van der Waals surface area contributed by atoms with Crippen molar-refractivity contribution in [3.8, 4) is 17.2 Å². The van der Waals surface area contributed by atoms with Gasteiger partial charge in [-0.05, 0) is 28.5 Å². The van der Waals surface area contributed by atoms with Crippen molar-refractivity contribution in [1.82, 2.24) is 0 Å². The number of hydrogen-bond acceptors (Lipinski definition) is 2. The van der Waals surface area contributed by atoms with Crippen LogP contribution in [0.4, 0.5) is 11.4 Å². The molecule has 4 nitrogen and oxygen atoms in total. The van der Waals surface area contributed by atoms with E-state index in [4.69, 9.17) is 9.47 Å². The lowest BCUT2D eigenvalue weighted by molar-refractivity contribution is 0.343. The molecule has 0 bridgehead atoms. The van der Waals surface area contributed by atoms with Gasteiger partial charge in [0, 0.05) is 11.6 Å². The highest BCUT2D eigenvalue weighted by molar-refractivity contribution is 5.76. The number of ether oxygens (including phenoxy) is 2. The Kier molecular flexibility index (Phi) is 5.45. The average Bonchev–Trinajstić information content (AvgIpc) is 2.54. The predicted octanol–water partition coefficient (Wildman–Crippen LogP) is 6.78. The third kappa shape index (κ3) is 4.43. The molecule has 0 spiro atoms. The highest BCUT2D eigenvalue weighted by Crippen LogP contribution is 2.47. The van der Waals surface area contributed by atoms with Gasteiger partial charge < -0.3 is 14.8 Å². The van der Waals surface area contributed by atoms with E-state index in [2.05, 4.69) is 46.9 Å². The molecule has 0 fully saturated rings. The van der Waals surface area contributed by atoms with Crippen LogP contribution in [0.2, 0.25) is 0 Å². The Morgan fingerprint density at radius 2 is 1.31 bits per heavy atom. The summed E-state index contributed by atoms with van der Waals surface area (Å²) in [5, 5.41) is 17.7. The monoisotopic (exact) mass is 355 g/mol. The molecule has 0 amide bonds. The van der Waals surface area contributed by atoms with Gasteiger partial charge in [0.25, 0.3) is 0 Å². The average molecular weight is 355 g/mol. The van der Waals surface area contributed by atoms with E-state index in [0.29, 0.717) is 22.9 Å². The number of benzene rings is 2. The van der Waals surface area contributed by atoms with Crippen molar-refractivity contribution >= 4 is 11.4 Å². The minimum absolute atomic E-state index is 0.0349. The van der Waals surface area contributed by atoms with Gasteiger partial charge in [-0.3, -0.25) is 5.11 Å². The van der Waals surface area contributed by atoms with Crippen molar-refractivity contribution in [2.75, 3.05) is 14.2 Å². The molecule has 0 saturated carbocycles. The Hall–Kier alpha value is -2.36. The summed E-state index contributed by atoms with van der Waals surface area (Å²) in [7, 11) is 3.19. The lowest BCUT2D eigenvalue weighted by atomic mass is 9.79. The quantitative estimate of drug-likeness (QED) is 0.607. The molecule has 0 unspecified atom stereocenters. The van der Waals surface area contributed by atoms with E-state index in [1.54, 1.807) is 32.4 Å². The highest BCUT2D eigenvalue weighted by Gasteiger charge is 2.24. The topological polar surface area (TPSA) is 52.5 Å². The van der Waals surface area contributed by atoms with E-state index in [-0.39, 0.29) is 16.6 Å². The number of methoxy groups -OCH3 is 2. The first kappa shape index (κ1) is 20.0. The van der Waals surface area contributed by atoms with Gasteiger partial charge in [0.05, 0.1) is 14.2 Å². The number of hydrogen-bond donors (Lipinski definition) is 0. The summed E-state index contributed by atoms with van der Waals surface area (Å²) in [4.78, 5) is 0. The number of nitrogens with zero attached hydrogens (tertiary/aromatic N) is 1. The van der Waals surface area contributed by atoms with Crippen LogP contribution in [0.25, 0.3) is 5.32 Å². The molecule has 0 saturated heterocycles. The third-order valence-corrected chi connectivity index (χ3v) is 4.33. The van der Waals surface area contributed by atoms with Crippen molar-refractivity contribution in [3.05, 3.63) is 46.8 Å². The summed E-state index contributed by atoms with van der Waals surface area (Å²) in [5.74, 6) is 1.24. The van der Waals surface area contributed by atoms with Gasteiger partial charge in [0.1, 0.15) is 11.5 Å². The van der Waals surface area contributed by atoms with Crippen LogP contribution in [0.5, 0.6) is 17.2 Å². The molecule has 0 aliphatic carbocycles. The van der Waals surface area contributed by atoms with Gasteiger partial charge >= 0.3 is 0 Å². The third-order valence-electron chi connectivity index (χ3n) is 4.33. The Morgan fingerprint density at radius 1 is 0.769 bits per heavy atom. The summed E-state index contributed by atoms with van der Waals surface area (Å²) in [6, 6.07) is 9.28. The van der Waals surface area contributed by atoms with Crippen LogP contribution in [0, 0.1) is 0 Å². The normalized spacial score (nSPS) is 12.0. The zero-order valence-corrected chi connectivity index (χ0v) is 17.1. The van der Waals surface area contributed by atoms with E-state index >= 15 is 0 Å². The van der Waals surface area contributed by atoms with E-state index in [9.17, 15) is 5.11 Å². The van der Waals surface area contributed by atoms with Crippen LogP contribution in [-0.4, -0.2) is 14.2 Å². The van der Waals surface area contributed by atoms with Crippen molar-refractivity contribution in [3.63, 3.8) is 0 Å². The minimum atomic E-state index is -0.255. The first-order valence-corrected chi connectivity index (χ1v) is 8.76. The maximum absolute atomic E-state index is 13.1. The van der Waals surface area contributed by atoms with Crippen molar-refractivity contribution < 1.29 is 14.6 Å². The Morgan fingerprint density at radius 3 is 1.73 bits per heavy atom. The van der Waals surface area contributed by atoms with E-state index in [1.165, 1.54) is 0 Å². The second kappa shape index (κ2) is 7.10. The molecule has 0 aliphatic rings. The maximum Gasteiger partial charge on any atom is 0.167 e. The fourth-order valence-electron chi connectivity index (χ4n) is 2.68. The second-order valence-electron chi connectivity index (χ2n) is 8.55. The lowest BCUT2D eigenvalue weighted by Crippen LogP contribution is -2.16. The van der Waals surface area contributed by atoms with Crippen molar-refractivity contribution in [2.45, 2.75) is 52.4 Å². The molecule has 2 aromatic carbocycles. The molecule has 2 aromatic rings. The Balaban J connectivity index is 2.59. The molecule has 1 radical (unpaired) electrons. The van der Waals surface area contributed by atoms with Crippen LogP contribution in [0.3, 0.4) is 0 Å². The molecule has 0 heterocycles. The van der Waals surface area contributed by atoms with Crippen LogP contribution < -0.4 is 9.47 Å². The standard InChI is InChI=1S/C22H29NO3/c1-21(2,3)14-9-18(22(4,5)6)20(24)19(10-14)23-15-11-16(25-7)13-17(12-15)26-8/h9-13H,1-8H3/q-1. The van der Waals surface area contributed by atoms with Gasteiger partial charge in [-0.2, -0.15) is 0 Å². The summed E-state index contributed by atoms with van der Waals surface area (Å²) in [6.07, 6.45) is 0. The molecule has 4 heteroatoms. The molecule has 26 heavy (non-hydrogen) atoms. The summed E-state index contributed by atoms with van der Waals surface area (Å²) in [5.41, 5.74) is 2.61. The zero-order valence-electron chi connectivity index (χ0n) is 17.1. The first-order valence-electron chi connectivity index (χ1n) is 8.76. The molecule has 0 aromatic heterocycles. The summed E-state index contributed by atoms with van der Waals surface area (Å²) in [6.45, 7) is 12.6. The van der Waals surface area contributed by atoms with E-state index in [1.807, 2.05) is 12.1 Å². The lowest BCUT2D eigenvalue weighted by Gasteiger charge is -2.31. The molecule has 0 atom stereocenters. The molecule has 2 rings (SSSR count). The first-order chi connectivity index (χ1) is 12.0. The minimum Gasteiger partial charge on any atom is -0.654 e. The van der Waals surface area contributed by atoms with E-state index < -0.39 is 0 Å². The molecular formula is C22H29NO3-. The predicted molar refractivity (Wildman–Crippen MR) is 106 cm³/mol. The Labute approximate surface area is 157 Å². The molecular weight excluding hydrogens is 326 g/mol. The van der Waals surface area contributed by atoms with Gasteiger partial charge in [-0.15, -0.1) is 5.69 Å². The van der Waals surface area contributed by atoms with Crippen LogP contribution in [0.15, 0.2) is 30.3 Å². The molecule has 0 aliphatic heterocycles. The maximum atomic E-state index is 13.1. The SMILES string of the molecule is COc1cc([N-]c2cc(C(C)(C)C)cc(C(C)(C)C)c2[O])cc(OC)c1. The van der Waals surface area contributed by atoms with Gasteiger partial charge in [0.2, 0.25) is 0 Å². The van der Waals surface area contributed by atoms with Crippen LogP contribution >= 0.6 is 0 Å². The van der Waals surface area contributed by atoms with Crippen LogP contribution in [-0.2, 0) is 15.9 Å². The van der Waals surface area contributed by atoms with Gasteiger partial charge in [-0.1, -0.05) is 59.4 Å². The van der Waals surface area contributed by atoms with Crippen molar-refractivity contribution in [1.29, 1.82) is 0 Å². The largest absolute Gasteiger partial charge is 0.654 e. The smallest absolute Gasteiger partial charge is 0.167 e.